The lowest BCUT2D eigenvalue weighted by Gasteiger charge is -2.50. The summed E-state index contributed by atoms with van der Waals surface area (Å²) in [6.07, 6.45) is 5.47. The van der Waals surface area contributed by atoms with E-state index in [1.807, 2.05) is 11.8 Å². The predicted octanol–water partition coefficient (Wildman–Crippen LogP) is 2.03. The van der Waals surface area contributed by atoms with Crippen LogP contribution >= 0.6 is 0 Å². The number of carbonyl (C=O) groups excluding carboxylic acids is 1. The number of rotatable bonds is 3. The molecule has 2 aliphatic rings. The molecule has 4 heteroatoms. The zero-order chi connectivity index (χ0) is 12.5. The second-order valence-electron chi connectivity index (χ2n) is 5.31. The van der Waals surface area contributed by atoms with Gasteiger partial charge in [-0.15, -0.1) is 0 Å². The molecular weight excluding hydrogens is 218 g/mol. The monoisotopic (exact) mass is 239 g/mol. The lowest BCUT2D eigenvalue weighted by molar-refractivity contribution is -0.166. The molecule has 1 saturated carbocycles. The molecule has 0 bridgehead atoms. The van der Waals surface area contributed by atoms with Crippen LogP contribution in [0.25, 0.3) is 0 Å². The van der Waals surface area contributed by atoms with Gasteiger partial charge in [0.2, 0.25) is 5.91 Å². The standard InChI is InChI=1S/C13H21NO3/c1-2-9-14-10-5-3-4-7-13(10,12(16)17)8-6-11(14)15/h10H,2-9H2,1H3,(H,16,17)/t10-,13+/m0/s1. The zero-order valence-corrected chi connectivity index (χ0v) is 10.4. The Morgan fingerprint density at radius 2 is 2.24 bits per heavy atom. The van der Waals surface area contributed by atoms with Gasteiger partial charge in [-0.25, -0.2) is 0 Å². The van der Waals surface area contributed by atoms with E-state index in [9.17, 15) is 14.7 Å². The molecule has 0 aromatic heterocycles. The van der Waals surface area contributed by atoms with Crippen LogP contribution in [0.1, 0.15) is 51.9 Å². The van der Waals surface area contributed by atoms with Gasteiger partial charge in [0.25, 0.3) is 0 Å². The topological polar surface area (TPSA) is 57.6 Å². The molecule has 1 N–H and O–H groups in total. The molecule has 0 aromatic carbocycles. The maximum Gasteiger partial charge on any atom is 0.311 e. The molecule has 0 aromatic rings. The van der Waals surface area contributed by atoms with E-state index in [4.69, 9.17) is 0 Å². The Hall–Kier alpha value is -1.06. The average Bonchev–Trinajstić information content (AvgIpc) is 2.33. The molecule has 2 fully saturated rings. The van der Waals surface area contributed by atoms with Crippen LogP contribution in [0.5, 0.6) is 0 Å². The van der Waals surface area contributed by atoms with E-state index in [-0.39, 0.29) is 11.9 Å². The molecule has 0 spiro atoms. The van der Waals surface area contributed by atoms with Crippen LogP contribution in [0.15, 0.2) is 0 Å². The van der Waals surface area contributed by atoms with Crippen molar-refractivity contribution in [2.24, 2.45) is 5.41 Å². The van der Waals surface area contributed by atoms with Crippen molar-refractivity contribution in [2.45, 2.75) is 57.9 Å². The highest BCUT2D eigenvalue weighted by molar-refractivity contribution is 5.83. The first-order valence-corrected chi connectivity index (χ1v) is 6.64. The van der Waals surface area contributed by atoms with Gasteiger partial charge in [0.1, 0.15) is 0 Å². The second-order valence-corrected chi connectivity index (χ2v) is 5.31. The van der Waals surface area contributed by atoms with Crippen molar-refractivity contribution in [3.63, 3.8) is 0 Å². The normalized spacial score (nSPS) is 33.4. The summed E-state index contributed by atoms with van der Waals surface area (Å²) >= 11 is 0. The molecule has 1 saturated heterocycles. The zero-order valence-electron chi connectivity index (χ0n) is 10.4. The van der Waals surface area contributed by atoms with Crippen molar-refractivity contribution in [2.75, 3.05) is 6.54 Å². The first kappa shape index (κ1) is 12.4. The number of carbonyl (C=O) groups is 2. The maximum absolute atomic E-state index is 11.9. The molecule has 0 radical (unpaired) electrons. The largest absolute Gasteiger partial charge is 0.481 e. The summed E-state index contributed by atoms with van der Waals surface area (Å²) in [4.78, 5) is 25.4. The van der Waals surface area contributed by atoms with Crippen molar-refractivity contribution < 1.29 is 14.7 Å². The molecule has 17 heavy (non-hydrogen) atoms. The highest BCUT2D eigenvalue weighted by Crippen LogP contribution is 2.46. The highest BCUT2D eigenvalue weighted by atomic mass is 16.4. The van der Waals surface area contributed by atoms with E-state index in [1.165, 1.54) is 0 Å². The lowest BCUT2D eigenvalue weighted by Crippen LogP contribution is -2.59. The molecule has 1 heterocycles. The minimum Gasteiger partial charge on any atom is -0.481 e. The molecule has 96 valence electrons. The summed E-state index contributed by atoms with van der Waals surface area (Å²) in [5, 5.41) is 9.56. The SMILES string of the molecule is CCCN1C(=O)CC[C@]2(C(=O)O)CCCC[C@H]12. The molecule has 2 atom stereocenters. The molecule has 1 amide bonds. The average molecular weight is 239 g/mol. The number of carboxylic acids is 1. The summed E-state index contributed by atoms with van der Waals surface area (Å²) in [5.41, 5.74) is -0.651. The highest BCUT2D eigenvalue weighted by Gasteiger charge is 2.53. The Morgan fingerprint density at radius 3 is 2.88 bits per heavy atom. The maximum atomic E-state index is 11.9. The van der Waals surface area contributed by atoms with Gasteiger partial charge in [-0.3, -0.25) is 9.59 Å². The van der Waals surface area contributed by atoms with Gasteiger partial charge in [0, 0.05) is 19.0 Å². The fourth-order valence-corrected chi connectivity index (χ4v) is 3.49. The van der Waals surface area contributed by atoms with E-state index < -0.39 is 11.4 Å². The third-order valence-corrected chi connectivity index (χ3v) is 4.36. The minimum absolute atomic E-state index is 0.0602. The number of hydrogen-bond acceptors (Lipinski definition) is 2. The van der Waals surface area contributed by atoms with Gasteiger partial charge in [-0.05, 0) is 25.7 Å². The Labute approximate surface area is 102 Å². The van der Waals surface area contributed by atoms with Gasteiger partial charge in [-0.1, -0.05) is 19.8 Å². The molecule has 2 rings (SSSR count). The summed E-state index contributed by atoms with van der Waals surface area (Å²) in [6.45, 7) is 2.74. The van der Waals surface area contributed by atoms with Crippen LogP contribution in [-0.4, -0.2) is 34.5 Å². The van der Waals surface area contributed by atoms with E-state index in [2.05, 4.69) is 0 Å². The Balaban J connectivity index is 2.29. The number of hydrogen-bond donors (Lipinski definition) is 1. The quantitative estimate of drug-likeness (QED) is 0.819. The van der Waals surface area contributed by atoms with Crippen LogP contribution in [0.2, 0.25) is 0 Å². The molecule has 1 aliphatic carbocycles. The Morgan fingerprint density at radius 1 is 1.47 bits per heavy atom. The summed E-state index contributed by atoms with van der Waals surface area (Å²) in [5.74, 6) is -0.550. The number of amides is 1. The van der Waals surface area contributed by atoms with Crippen LogP contribution < -0.4 is 0 Å². The molecular formula is C13H21NO3. The van der Waals surface area contributed by atoms with Gasteiger partial charge < -0.3 is 10.0 Å². The summed E-state index contributed by atoms with van der Waals surface area (Å²) in [6, 6.07) is -0.0602. The number of carboxylic acid groups (broad SMARTS) is 1. The third kappa shape index (κ3) is 1.94. The van der Waals surface area contributed by atoms with Crippen LogP contribution in [0, 0.1) is 5.41 Å². The molecule has 4 nitrogen and oxygen atoms in total. The van der Waals surface area contributed by atoms with E-state index in [1.54, 1.807) is 0 Å². The lowest BCUT2D eigenvalue weighted by atomic mass is 9.65. The van der Waals surface area contributed by atoms with Gasteiger partial charge in [-0.2, -0.15) is 0 Å². The number of piperidine rings is 1. The van der Waals surface area contributed by atoms with Gasteiger partial charge in [0.05, 0.1) is 5.41 Å². The fraction of sp³-hybridized carbons (Fsp3) is 0.846. The second kappa shape index (κ2) is 4.67. The van der Waals surface area contributed by atoms with E-state index in [0.29, 0.717) is 19.4 Å². The smallest absolute Gasteiger partial charge is 0.311 e. The van der Waals surface area contributed by atoms with Crippen LogP contribution in [-0.2, 0) is 9.59 Å². The third-order valence-electron chi connectivity index (χ3n) is 4.36. The van der Waals surface area contributed by atoms with Gasteiger partial charge >= 0.3 is 5.97 Å². The summed E-state index contributed by atoms with van der Waals surface area (Å²) in [7, 11) is 0. The minimum atomic E-state index is -0.698. The predicted molar refractivity (Wildman–Crippen MR) is 63.6 cm³/mol. The number of fused-ring (bicyclic) bond motifs is 1. The Bertz CT molecular complexity index is 329. The fourth-order valence-electron chi connectivity index (χ4n) is 3.49. The molecule has 0 unspecified atom stereocenters. The summed E-state index contributed by atoms with van der Waals surface area (Å²) < 4.78 is 0. The van der Waals surface area contributed by atoms with Crippen LogP contribution in [0.3, 0.4) is 0 Å². The van der Waals surface area contributed by atoms with E-state index >= 15 is 0 Å². The van der Waals surface area contributed by atoms with Crippen molar-refractivity contribution in [1.82, 2.24) is 4.90 Å². The van der Waals surface area contributed by atoms with Crippen molar-refractivity contribution in [3.05, 3.63) is 0 Å². The number of likely N-dealkylation sites (tertiary alicyclic amines) is 1. The van der Waals surface area contributed by atoms with Gasteiger partial charge in [0.15, 0.2) is 0 Å². The molecule has 1 aliphatic heterocycles. The van der Waals surface area contributed by atoms with Crippen molar-refractivity contribution in [3.8, 4) is 0 Å². The first-order chi connectivity index (χ1) is 8.12. The number of aliphatic carboxylic acids is 1. The Kier molecular flexibility index (Phi) is 3.40. The number of nitrogens with zero attached hydrogens (tertiary/aromatic N) is 1. The first-order valence-electron chi connectivity index (χ1n) is 6.64. The van der Waals surface area contributed by atoms with E-state index in [0.717, 1.165) is 32.1 Å². The van der Waals surface area contributed by atoms with Crippen molar-refractivity contribution in [1.29, 1.82) is 0 Å². The van der Waals surface area contributed by atoms with Crippen LogP contribution in [0.4, 0.5) is 0 Å². The van der Waals surface area contributed by atoms with Crippen molar-refractivity contribution >= 4 is 11.9 Å².